The van der Waals surface area contributed by atoms with E-state index in [1.54, 1.807) is 6.07 Å². The topological polar surface area (TPSA) is 76.2 Å². The van der Waals surface area contributed by atoms with E-state index in [0.29, 0.717) is 12.0 Å². The van der Waals surface area contributed by atoms with Crippen molar-refractivity contribution in [1.29, 1.82) is 5.41 Å². The van der Waals surface area contributed by atoms with Crippen LogP contribution in [0.15, 0.2) is 24.3 Å². The van der Waals surface area contributed by atoms with Gasteiger partial charge in [0.15, 0.2) is 0 Å². The number of carbonyl (C=O) groups excluding carboxylic acids is 1. The van der Waals surface area contributed by atoms with Crippen LogP contribution < -0.4 is 5.73 Å². The Bertz CT molecular complexity index is 391. The van der Waals surface area contributed by atoms with Crippen LogP contribution >= 0.6 is 0 Å². The van der Waals surface area contributed by atoms with E-state index in [9.17, 15) is 4.79 Å². The number of benzene rings is 1. The van der Waals surface area contributed by atoms with E-state index in [2.05, 4.69) is 0 Å². The van der Waals surface area contributed by atoms with Gasteiger partial charge in [-0.25, -0.2) is 4.79 Å². The standard InChI is InChI=1S/C13H17N2O2/c1-2-4-12(17-9-16)8-10-5-3-6-11(7-10)13(14)15/h3,5-7,12H,2,4,8H2,1H3,(H3,14,15). The van der Waals surface area contributed by atoms with Gasteiger partial charge in [0.25, 0.3) is 0 Å². The Morgan fingerprint density at radius 2 is 2.35 bits per heavy atom. The summed E-state index contributed by atoms with van der Waals surface area (Å²) in [6.07, 6.45) is 2.22. The van der Waals surface area contributed by atoms with Crippen molar-refractivity contribution >= 4 is 12.3 Å². The van der Waals surface area contributed by atoms with Crippen LogP contribution in [0, 0.1) is 5.41 Å². The van der Waals surface area contributed by atoms with E-state index < -0.39 is 0 Å². The first-order valence-electron chi connectivity index (χ1n) is 5.63. The molecule has 3 N–H and O–H groups in total. The molecule has 0 heterocycles. The second-order valence-corrected chi connectivity index (χ2v) is 3.93. The summed E-state index contributed by atoms with van der Waals surface area (Å²) in [7, 11) is 0. The van der Waals surface area contributed by atoms with E-state index in [1.807, 2.05) is 25.1 Å². The Balaban J connectivity index is 2.74. The van der Waals surface area contributed by atoms with E-state index in [1.165, 1.54) is 6.47 Å². The smallest absolute Gasteiger partial charge is 0.417 e. The van der Waals surface area contributed by atoms with Crippen LogP contribution in [0.5, 0.6) is 0 Å². The van der Waals surface area contributed by atoms with Crippen LogP contribution in [-0.4, -0.2) is 18.4 Å². The number of hydrogen-bond acceptors (Lipinski definition) is 3. The highest BCUT2D eigenvalue weighted by atomic mass is 16.5. The minimum absolute atomic E-state index is 0.0433. The van der Waals surface area contributed by atoms with E-state index in [-0.39, 0.29) is 11.9 Å². The summed E-state index contributed by atoms with van der Waals surface area (Å²) in [6, 6.07) is 7.41. The first-order chi connectivity index (χ1) is 8.17. The molecule has 4 nitrogen and oxygen atoms in total. The number of hydrogen-bond donors (Lipinski definition) is 2. The number of nitrogen functional groups attached to an aromatic ring is 1. The normalized spacial score (nSPS) is 11.8. The second-order valence-electron chi connectivity index (χ2n) is 3.93. The molecule has 1 rings (SSSR count). The molecular weight excluding hydrogens is 216 g/mol. The molecule has 0 aliphatic carbocycles. The molecule has 0 saturated carbocycles. The van der Waals surface area contributed by atoms with Gasteiger partial charge in [-0.2, -0.15) is 0 Å². The molecule has 0 aliphatic heterocycles. The summed E-state index contributed by atoms with van der Waals surface area (Å²) in [6.45, 7) is 3.53. The van der Waals surface area contributed by atoms with Gasteiger partial charge < -0.3 is 10.5 Å². The third kappa shape index (κ3) is 4.26. The van der Waals surface area contributed by atoms with E-state index >= 15 is 0 Å². The van der Waals surface area contributed by atoms with Gasteiger partial charge >= 0.3 is 6.47 Å². The van der Waals surface area contributed by atoms with Gasteiger partial charge in [-0.15, -0.1) is 0 Å². The van der Waals surface area contributed by atoms with Crippen molar-refractivity contribution in [3.8, 4) is 0 Å². The molecule has 1 radical (unpaired) electrons. The fraction of sp³-hybridized carbons (Fsp3) is 0.385. The highest BCUT2D eigenvalue weighted by Gasteiger charge is 2.10. The summed E-state index contributed by atoms with van der Waals surface area (Å²) in [4.78, 5) is 10.3. The maximum Gasteiger partial charge on any atom is 0.417 e. The molecule has 17 heavy (non-hydrogen) atoms. The fourth-order valence-electron chi connectivity index (χ4n) is 1.72. The molecular formula is C13H17N2O2. The van der Waals surface area contributed by atoms with Crippen LogP contribution in [-0.2, 0) is 16.0 Å². The zero-order valence-corrected chi connectivity index (χ0v) is 9.90. The summed E-state index contributed by atoms with van der Waals surface area (Å²) >= 11 is 0. The second kappa shape index (κ2) is 6.68. The van der Waals surface area contributed by atoms with Crippen molar-refractivity contribution < 1.29 is 9.53 Å². The molecule has 0 spiro atoms. The Morgan fingerprint density at radius 3 is 2.94 bits per heavy atom. The molecule has 0 aliphatic rings. The highest BCUT2D eigenvalue weighted by molar-refractivity contribution is 5.95. The third-order valence-corrected chi connectivity index (χ3v) is 2.53. The van der Waals surface area contributed by atoms with E-state index in [0.717, 1.165) is 18.4 Å². The summed E-state index contributed by atoms with van der Waals surface area (Å²) < 4.78 is 4.90. The fourth-order valence-corrected chi connectivity index (χ4v) is 1.72. The average molecular weight is 233 g/mol. The van der Waals surface area contributed by atoms with Gasteiger partial charge in [0.05, 0.1) is 0 Å². The number of ether oxygens (including phenoxy) is 1. The monoisotopic (exact) mass is 233 g/mol. The predicted octanol–water partition coefficient (Wildman–Crippen LogP) is 1.77. The molecule has 0 fully saturated rings. The van der Waals surface area contributed by atoms with Crippen molar-refractivity contribution in [2.24, 2.45) is 5.73 Å². The van der Waals surface area contributed by atoms with Crippen molar-refractivity contribution in [1.82, 2.24) is 0 Å². The molecule has 1 aromatic rings. The van der Waals surface area contributed by atoms with Crippen LogP contribution in [0.25, 0.3) is 0 Å². The van der Waals surface area contributed by atoms with Gasteiger partial charge in [-0.05, 0) is 18.1 Å². The maximum atomic E-state index is 10.3. The zero-order valence-electron chi connectivity index (χ0n) is 9.90. The molecule has 91 valence electrons. The third-order valence-electron chi connectivity index (χ3n) is 2.53. The summed E-state index contributed by atoms with van der Waals surface area (Å²) in [5.74, 6) is 0.0433. The molecule has 4 heteroatoms. The van der Waals surface area contributed by atoms with E-state index in [4.69, 9.17) is 15.9 Å². The summed E-state index contributed by atoms with van der Waals surface area (Å²) in [5.41, 5.74) is 7.11. The number of rotatable bonds is 7. The van der Waals surface area contributed by atoms with Crippen molar-refractivity contribution in [2.75, 3.05) is 0 Å². The number of nitrogens with two attached hydrogens (primary N) is 1. The van der Waals surface area contributed by atoms with Crippen LogP contribution in [0.3, 0.4) is 0 Å². The lowest BCUT2D eigenvalue weighted by Gasteiger charge is -2.14. The highest BCUT2D eigenvalue weighted by Crippen LogP contribution is 2.12. The van der Waals surface area contributed by atoms with Gasteiger partial charge in [0.2, 0.25) is 0 Å². The minimum atomic E-state index is -0.153. The van der Waals surface area contributed by atoms with Gasteiger partial charge in [-0.3, -0.25) is 5.41 Å². The molecule has 1 aromatic carbocycles. The minimum Gasteiger partial charge on any atom is -0.454 e. The molecule has 1 unspecified atom stereocenters. The molecule has 0 amide bonds. The quantitative estimate of drug-likeness (QED) is 0.556. The van der Waals surface area contributed by atoms with Crippen molar-refractivity contribution in [2.45, 2.75) is 32.3 Å². The van der Waals surface area contributed by atoms with Crippen molar-refractivity contribution in [3.05, 3.63) is 35.4 Å². The number of nitrogens with one attached hydrogen (secondary N) is 1. The number of amidine groups is 1. The predicted molar refractivity (Wildman–Crippen MR) is 66.6 cm³/mol. The molecule has 0 bridgehead atoms. The first kappa shape index (κ1) is 13.2. The van der Waals surface area contributed by atoms with Gasteiger partial charge in [-0.1, -0.05) is 31.5 Å². The van der Waals surface area contributed by atoms with Gasteiger partial charge in [0, 0.05) is 12.0 Å². The Morgan fingerprint density at radius 1 is 1.59 bits per heavy atom. The van der Waals surface area contributed by atoms with Crippen molar-refractivity contribution in [3.63, 3.8) is 0 Å². The average Bonchev–Trinajstić information content (AvgIpc) is 2.30. The zero-order chi connectivity index (χ0) is 12.7. The Hall–Kier alpha value is -1.84. The lowest BCUT2D eigenvalue weighted by atomic mass is 10.0. The summed E-state index contributed by atoms with van der Waals surface area (Å²) in [5, 5.41) is 7.36. The Labute approximate surface area is 101 Å². The van der Waals surface area contributed by atoms with Crippen LogP contribution in [0.1, 0.15) is 30.9 Å². The van der Waals surface area contributed by atoms with Crippen LogP contribution in [0.2, 0.25) is 0 Å². The SMILES string of the molecule is CCCC(Cc1cccc(C(=N)N)c1)O[C]=O. The first-order valence-corrected chi connectivity index (χ1v) is 5.63. The molecule has 1 atom stereocenters. The lowest BCUT2D eigenvalue weighted by Crippen LogP contribution is -2.16. The molecule has 0 saturated heterocycles. The molecule has 0 aromatic heterocycles. The lowest BCUT2D eigenvalue weighted by molar-refractivity contribution is 0.166. The largest absolute Gasteiger partial charge is 0.454 e. The van der Waals surface area contributed by atoms with Gasteiger partial charge in [0.1, 0.15) is 11.9 Å². The Kier molecular flexibility index (Phi) is 5.20. The van der Waals surface area contributed by atoms with Crippen LogP contribution in [0.4, 0.5) is 0 Å². The maximum absolute atomic E-state index is 10.3.